The minimum Gasteiger partial charge on any atom is -0.497 e. The Bertz CT molecular complexity index is 2000. The number of hydrogen-bond acceptors (Lipinski definition) is 7. The molecule has 0 aliphatic rings. The van der Waals surface area contributed by atoms with Crippen LogP contribution in [0.3, 0.4) is 0 Å². The molecule has 48 heavy (non-hydrogen) atoms. The van der Waals surface area contributed by atoms with E-state index in [4.69, 9.17) is 14.2 Å². The third kappa shape index (κ3) is 8.23. The molecule has 5 rings (SSSR count). The van der Waals surface area contributed by atoms with E-state index in [9.17, 15) is 13.2 Å². The number of ether oxygens (including phenoxy) is 3. The zero-order chi connectivity index (χ0) is 34.1. The molecule has 5 aromatic rings. The van der Waals surface area contributed by atoms with Crippen LogP contribution in [0.25, 0.3) is 0 Å². The van der Waals surface area contributed by atoms with Gasteiger partial charge >= 0.3 is 0 Å². The number of nitrogens with one attached hydrogen (secondary N) is 1. The molecule has 1 N–H and O–H groups in total. The van der Waals surface area contributed by atoms with E-state index in [1.54, 1.807) is 55.6 Å². The molecule has 0 saturated heterocycles. The van der Waals surface area contributed by atoms with Crippen molar-refractivity contribution in [2.24, 2.45) is 5.10 Å². The summed E-state index contributed by atoms with van der Waals surface area (Å²) in [7, 11) is -1.06. The van der Waals surface area contributed by atoms with Gasteiger partial charge in [0.15, 0.2) is 11.5 Å². The average molecular weight is 729 g/mol. The first-order valence-corrected chi connectivity index (χ1v) is 17.1. The largest absolute Gasteiger partial charge is 0.497 e. The summed E-state index contributed by atoms with van der Waals surface area (Å²) in [4.78, 5) is 13.6. The second kappa shape index (κ2) is 15.6. The maximum atomic E-state index is 14.1. The van der Waals surface area contributed by atoms with Crippen LogP contribution >= 0.6 is 15.9 Å². The zero-order valence-corrected chi connectivity index (χ0v) is 29.0. The Morgan fingerprint density at radius 3 is 2.23 bits per heavy atom. The zero-order valence-electron chi connectivity index (χ0n) is 26.6. The third-order valence-electron chi connectivity index (χ3n) is 7.37. The number of carbonyl (C=O) groups is 1. The van der Waals surface area contributed by atoms with Crippen molar-refractivity contribution in [3.05, 3.63) is 148 Å². The molecular weight excluding hydrogens is 694 g/mol. The van der Waals surface area contributed by atoms with Gasteiger partial charge in [-0.3, -0.25) is 9.10 Å². The van der Waals surface area contributed by atoms with Gasteiger partial charge < -0.3 is 14.2 Å². The van der Waals surface area contributed by atoms with Crippen molar-refractivity contribution >= 4 is 43.8 Å². The SMILES string of the molecule is COc1ccc(S(=O)(=O)N(Cc2ccccc2)c2ccccc2C(=O)N/N=C\c2cc(Br)c(OCc3ccc(C)cc3)c(OC)c2)cc1. The highest BCUT2D eigenvalue weighted by Gasteiger charge is 2.28. The van der Waals surface area contributed by atoms with Gasteiger partial charge in [0, 0.05) is 0 Å². The number of carbonyl (C=O) groups excluding carboxylic acids is 1. The molecule has 246 valence electrons. The van der Waals surface area contributed by atoms with Crippen LogP contribution in [0.4, 0.5) is 5.69 Å². The van der Waals surface area contributed by atoms with Crippen LogP contribution in [-0.2, 0) is 23.2 Å². The van der Waals surface area contributed by atoms with Crippen molar-refractivity contribution in [3.8, 4) is 17.2 Å². The molecule has 0 bridgehead atoms. The minimum atomic E-state index is -4.11. The minimum absolute atomic E-state index is 0.00504. The van der Waals surface area contributed by atoms with Crippen LogP contribution in [0.15, 0.2) is 130 Å². The Morgan fingerprint density at radius 2 is 1.54 bits per heavy atom. The van der Waals surface area contributed by atoms with Gasteiger partial charge in [-0.1, -0.05) is 72.3 Å². The first-order valence-electron chi connectivity index (χ1n) is 14.9. The molecule has 0 aliphatic heterocycles. The molecule has 0 aromatic heterocycles. The van der Waals surface area contributed by atoms with E-state index in [0.717, 1.165) is 11.1 Å². The second-order valence-electron chi connectivity index (χ2n) is 10.7. The number of hydrogen-bond donors (Lipinski definition) is 1. The first kappa shape index (κ1) is 34.2. The first-order chi connectivity index (χ1) is 23.2. The summed E-state index contributed by atoms with van der Waals surface area (Å²) in [5, 5.41) is 4.17. The monoisotopic (exact) mass is 727 g/mol. The number of nitrogens with zero attached hydrogens (tertiary/aromatic N) is 2. The molecule has 0 saturated carbocycles. The fourth-order valence-corrected chi connectivity index (χ4v) is 6.87. The van der Waals surface area contributed by atoms with E-state index in [-0.39, 0.29) is 22.7 Å². The summed E-state index contributed by atoms with van der Waals surface area (Å²) >= 11 is 3.56. The lowest BCUT2D eigenvalue weighted by molar-refractivity contribution is 0.0955. The van der Waals surface area contributed by atoms with Crippen molar-refractivity contribution in [1.29, 1.82) is 0 Å². The number of sulfonamides is 1. The molecule has 0 heterocycles. The van der Waals surface area contributed by atoms with Crippen molar-refractivity contribution in [3.63, 3.8) is 0 Å². The van der Waals surface area contributed by atoms with Gasteiger partial charge in [0.05, 0.1) is 47.6 Å². The van der Waals surface area contributed by atoms with E-state index in [1.807, 2.05) is 61.5 Å². The Morgan fingerprint density at radius 1 is 0.854 bits per heavy atom. The number of methoxy groups -OCH3 is 2. The molecule has 9 nitrogen and oxygen atoms in total. The van der Waals surface area contributed by atoms with Gasteiger partial charge in [-0.15, -0.1) is 0 Å². The van der Waals surface area contributed by atoms with Crippen LogP contribution in [0.5, 0.6) is 17.2 Å². The number of aryl methyl sites for hydroxylation is 1. The van der Waals surface area contributed by atoms with Crippen molar-refractivity contribution in [1.82, 2.24) is 5.43 Å². The second-order valence-corrected chi connectivity index (χ2v) is 13.4. The summed E-state index contributed by atoms with van der Waals surface area (Å²) in [6.45, 7) is 2.38. The number of amides is 1. The topological polar surface area (TPSA) is 107 Å². The van der Waals surface area contributed by atoms with Crippen molar-refractivity contribution < 1.29 is 27.4 Å². The predicted molar refractivity (Wildman–Crippen MR) is 191 cm³/mol. The predicted octanol–water partition coefficient (Wildman–Crippen LogP) is 7.51. The Kier molecular flexibility index (Phi) is 11.1. The van der Waals surface area contributed by atoms with Crippen LogP contribution < -0.4 is 23.9 Å². The maximum absolute atomic E-state index is 14.1. The number of halogens is 1. The van der Waals surface area contributed by atoms with Gasteiger partial charge in [0.25, 0.3) is 15.9 Å². The molecule has 0 spiro atoms. The highest BCUT2D eigenvalue weighted by molar-refractivity contribution is 9.10. The normalized spacial score (nSPS) is 11.2. The summed E-state index contributed by atoms with van der Waals surface area (Å²) in [5.41, 5.74) is 6.42. The highest BCUT2D eigenvalue weighted by atomic mass is 79.9. The Labute approximate surface area is 289 Å². The van der Waals surface area contributed by atoms with Crippen LogP contribution in [-0.4, -0.2) is 34.8 Å². The summed E-state index contributed by atoms with van der Waals surface area (Å²) in [5.74, 6) is 0.948. The molecule has 1 amide bonds. The maximum Gasteiger partial charge on any atom is 0.273 e. The summed E-state index contributed by atoms with van der Waals surface area (Å²) in [6, 6.07) is 33.4. The standard InChI is InChI=1S/C37H34BrN3O6S/c1-26-13-15-28(16-14-26)25-47-36-33(38)21-29(22-35(36)46-3)23-39-40-37(42)32-11-7-8-12-34(32)41(24-27-9-5-4-6-10-27)48(43,44)31-19-17-30(45-2)18-20-31/h4-23H,24-25H2,1-3H3,(H,40,42)/b39-23-. The van der Waals surface area contributed by atoms with E-state index in [2.05, 4.69) is 26.5 Å². The van der Waals surface area contributed by atoms with Crippen molar-refractivity contribution in [2.45, 2.75) is 25.0 Å². The van der Waals surface area contributed by atoms with Crippen LogP contribution in [0.2, 0.25) is 0 Å². The van der Waals surface area contributed by atoms with E-state index >= 15 is 0 Å². The smallest absolute Gasteiger partial charge is 0.273 e. The average Bonchev–Trinajstić information content (AvgIpc) is 3.11. The molecule has 0 atom stereocenters. The van der Waals surface area contributed by atoms with Gasteiger partial charge in [-0.2, -0.15) is 5.10 Å². The molecule has 5 aromatic carbocycles. The van der Waals surface area contributed by atoms with Gasteiger partial charge in [-0.05, 0) is 88.1 Å². The highest BCUT2D eigenvalue weighted by Crippen LogP contribution is 2.37. The van der Waals surface area contributed by atoms with E-state index in [1.165, 1.54) is 35.3 Å². The fourth-order valence-electron chi connectivity index (χ4n) is 4.83. The van der Waals surface area contributed by atoms with Gasteiger partial charge in [-0.25, -0.2) is 13.8 Å². The van der Waals surface area contributed by atoms with Crippen LogP contribution in [0, 0.1) is 6.92 Å². The summed E-state index contributed by atoms with van der Waals surface area (Å²) < 4.78 is 46.8. The third-order valence-corrected chi connectivity index (χ3v) is 9.73. The van der Waals surface area contributed by atoms with E-state index < -0.39 is 15.9 Å². The number of para-hydroxylation sites is 1. The summed E-state index contributed by atoms with van der Waals surface area (Å²) in [6.07, 6.45) is 1.47. The van der Waals surface area contributed by atoms with Gasteiger partial charge in [0.2, 0.25) is 0 Å². The van der Waals surface area contributed by atoms with Crippen molar-refractivity contribution in [2.75, 3.05) is 18.5 Å². The number of anilines is 1. The Hall–Kier alpha value is -5.13. The van der Waals surface area contributed by atoms with Gasteiger partial charge in [0.1, 0.15) is 12.4 Å². The fraction of sp³-hybridized carbons (Fsp3) is 0.135. The molecule has 0 unspecified atom stereocenters. The molecular formula is C37H34BrN3O6S. The lowest BCUT2D eigenvalue weighted by Gasteiger charge is -2.26. The Balaban J connectivity index is 1.38. The molecule has 0 radical (unpaired) electrons. The van der Waals surface area contributed by atoms with Crippen LogP contribution in [0.1, 0.15) is 32.6 Å². The quantitative estimate of drug-likeness (QED) is 0.0994. The van der Waals surface area contributed by atoms with E-state index in [0.29, 0.717) is 33.9 Å². The lowest BCUT2D eigenvalue weighted by Crippen LogP contribution is -2.33. The molecule has 11 heteroatoms. The lowest BCUT2D eigenvalue weighted by atomic mass is 10.1. The number of benzene rings is 5. The molecule has 0 aliphatic carbocycles. The molecule has 0 fully saturated rings. The number of rotatable bonds is 13. The number of hydrazone groups is 1.